The summed E-state index contributed by atoms with van der Waals surface area (Å²) in [6.45, 7) is 0.129. The van der Waals surface area contributed by atoms with Gasteiger partial charge in [-0.3, -0.25) is 9.59 Å². The molecule has 0 atom stereocenters. The van der Waals surface area contributed by atoms with Gasteiger partial charge in [0.1, 0.15) is 5.82 Å². The van der Waals surface area contributed by atoms with E-state index < -0.39 is 0 Å². The van der Waals surface area contributed by atoms with Crippen LogP contribution in [0.4, 0.5) is 5.69 Å². The minimum Gasteiger partial charge on any atom is -0.454 e. The number of nitrogens with one attached hydrogen (secondary N) is 2. The highest BCUT2D eigenvalue weighted by Gasteiger charge is 2.17. The van der Waals surface area contributed by atoms with E-state index in [2.05, 4.69) is 15.3 Å². The van der Waals surface area contributed by atoms with Crippen molar-refractivity contribution >= 4 is 34.1 Å². The third-order valence-corrected chi connectivity index (χ3v) is 4.30. The summed E-state index contributed by atoms with van der Waals surface area (Å²) in [5.41, 5.74) is 0.830. The average Bonchev–Trinajstić information content (AvgIpc) is 3.07. The van der Waals surface area contributed by atoms with Gasteiger partial charge in [0.2, 0.25) is 12.7 Å². The van der Waals surface area contributed by atoms with Gasteiger partial charge in [0.15, 0.2) is 11.5 Å². The zero-order chi connectivity index (χ0) is 18.1. The van der Waals surface area contributed by atoms with Crippen LogP contribution in [-0.2, 0) is 11.2 Å². The number of aromatic nitrogens is 2. The number of benzene rings is 2. The first-order chi connectivity index (χ1) is 12.6. The molecule has 8 heteroatoms. The molecule has 2 N–H and O–H groups in total. The number of ether oxygens (including phenoxy) is 2. The van der Waals surface area contributed by atoms with Crippen LogP contribution >= 0.6 is 11.6 Å². The number of fused-ring (bicyclic) bond motifs is 2. The SMILES string of the molecule is O=C(CCc1nc2ccccc2c(=O)[nH]1)Nc1cc2c(cc1Cl)OCO2. The Labute approximate surface area is 152 Å². The summed E-state index contributed by atoms with van der Waals surface area (Å²) < 4.78 is 10.5. The van der Waals surface area contributed by atoms with Crippen LogP contribution in [-0.4, -0.2) is 22.7 Å². The van der Waals surface area contributed by atoms with Gasteiger partial charge in [0, 0.05) is 25.0 Å². The van der Waals surface area contributed by atoms with Crippen molar-refractivity contribution in [2.45, 2.75) is 12.8 Å². The number of H-pyrrole nitrogens is 1. The Kier molecular flexibility index (Phi) is 4.22. The first-order valence-corrected chi connectivity index (χ1v) is 8.35. The number of aromatic amines is 1. The van der Waals surface area contributed by atoms with E-state index in [1.165, 1.54) is 0 Å². The molecule has 1 aliphatic rings. The number of hydrogen-bond donors (Lipinski definition) is 2. The van der Waals surface area contributed by atoms with Crippen molar-refractivity contribution in [3.05, 3.63) is 57.6 Å². The standard InChI is InChI=1S/C18H14ClN3O4/c19-11-7-14-15(26-9-25-14)8-13(11)21-17(23)6-5-16-20-12-4-2-1-3-10(12)18(24)22-16/h1-4,7-8H,5-6,9H2,(H,21,23)(H,20,22,24). The normalized spacial score (nSPS) is 12.3. The van der Waals surface area contributed by atoms with Crippen LogP contribution in [0.5, 0.6) is 11.5 Å². The molecular formula is C18H14ClN3O4. The van der Waals surface area contributed by atoms with E-state index >= 15 is 0 Å². The number of rotatable bonds is 4. The van der Waals surface area contributed by atoms with Gasteiger partial charge in [-0.15, -0.1) is 0 Å². The topological polar surface area (TPSA) is 93.3 Å². The molecule has 0 saturated carbocycles. The van der Waals surface area contributed by atoms with Crippen LogP contribution in [0, 0.1) is 0 Å². The van der Waals surface area contributed by atoms with Crippen molar-refractivity contribution in [2.75, 3.05) is 12.1 Å². The van der Waals surface area contributed by atoms with E-state index in [9.17, 15) is 9.59 Å². The Morgan fingerprint density at radius 1 is 1.23 bits per heavy atom. The molecule has 2 heterocycles. The highest BCUT2D eigenvalue weighted by atomic mass is 35.5. The highest BCUT2D eigenvalue weighted by Crippen LogP contribution is 2.39. The first-order valence-electron chi connectivity index (χ1n) is 7.97. The second-order valence-electron chi connectivity index (χ2n) is 5.76. The summed E-state index contributed by atoms with van der Waals surface area (Å²) in [6, 6.07) is 10.3. The third kappa shape index (κ3) is 3.21. The van der Waals surface area contributed by atoms with Crippen LogP contribution in [0.1, 0.15) is 12.2 Å². The van der Waals surface area contributed by atoms with Gasteiger partial charge in [-0.05, 0) is 12.1 Å². The number of aryl methyl sites for hydroxylation is 1. The lowest BCUT2D eigenvalue weighted by Crippen LogP contribution is -2.16. The quantitative estimate of drug-likeness (QED) is 0.735. The van der Waals surface area contributed by atoms with Crippen LogP contribution in [0.3, 0.4) is 0 Å². The van der Waals surface area contributed by atoms with Gasteiger partial charge in [0.05, 0.1) is 21.6 Å². The Hall–Kier alpha value is -3.06. The Morgan fingerprint density at radius 2 is 2.00 bits per heavy atom. The molecule has 0 spiro atoms. The Morgan fingerprint density at radius 3 is 2.85 bits per heavy atom. The lowest BCUT2D eigenvalue weighted by molar-refractivity contribution is -0.116. The zero-order valence-electron chi connectivity index (χ0n) is 13.5. The fraction of sp³-hybridized carbons (Fsp3) is 0.167. The second-order valence-corrected chi connectivity index (χ2v) is 6.17. The molecule has 1 aliphatic heterocycles. The predicted molar refractivity (Wildman–Crippen MR) is 96.9 cm³/mol. The minimum atomic E-state index is -0.249. The van der Waals surface area contributed by atoms with Gasteiger partial charge in [-0.1, -0.05) is 23.7 Å². The van der Waals surface area contributed by atoms with E-state index in [4.69, 9.17) is 21.1 Å². The molecule has 0 radical (unpaired) electrons. The van der Waals surface area contributed by atoms with Gasteiger partial charge in [-0.2, -0.15) is 0 Å². The third-order valence-electron chi connectivity index (χ3n) is 3.99. The number of hydrogen-bond acceptors (Lipinski definition) is 5. The number of para-hydroxylation sites is 1. The molecule has 2 aromatic carbocycles. The smallest absolute Gasteiger partial charge is 0.258 e. The van der Waals surface area contributed by atoms with Crippen LogP contribution in [0.25, 0.3) is 10.9 Å². The summed E-state index contributed by atoms with van der Waals surface area (Å²) in [4.78, 5) is 31.4. The number of carbonyl (C=O) groups excluding carboxylic acids is 1. The van der Waals surface area contributed by atoms with Crippen molar-refractivity contribution in [1.82, 2.24) is 9.97 Å². The van der Waals surface area contributed by atoms with E-state index in [1.54, 1.807) is 30.3 Å². The van der Waals surface area contributed by atoms with E-state index in [1.807, 2.05) is 6.07 Å². The molecule has 1 amide bonds. The van der Waals surface area contributed by atoms with Gasteiger partial charge in [0.25, 0.3) is 5.56 Å². The largest absolute Gasteiger partial charge is 0.454 e. The molecule has 0 aliphatic carbocycles. The van der Waals surface area contributed by atoms with Crippen LogP contribution < -0.4 is 20.3 Å². The van der Waals surface area contributed by atoms with Crippen LogP contribution in [0.2, 0.25) is 5.02 Å². The summed E-state index contributed by atoms with van der Waals surface area (Å²) in [5, 5.41) is 3.62. The maximum absolute atomic E-state index is 12.2. The monoisotopic (exact) mass is 371 g/mol. The number of nitrogens with zero attached hydrogens (tertiary/aromatic N) is 1. The fourth-order valence-corrected chi connectivity index (χ4v) is 2.91. The van der Waals surface area contributed by atoms with E-state index in [-0.39, 0.29) is 24.7 Å². The number of carbonyl (C=O) groups is 1. The lowest BCUT2D eigenvalue weighted by Gasteiger charge is -2.08. The molecule has 3 aromatic rings. The fourth-order valence-electron chi connectivity index (χ4n) is 2.71. The summed E-state index contributed by atoms with van der Waals surface area (Å²) in [7, 11) is 0. The minimum absolute atomic E-state index is 0.129. The molecule has 0 unspecified atom stereocenters. The van der Waals surface area contributed by atoms with Crippen LogP contribution in [0.15, 0.2) is 41.2 Å². The summed E-state index contributed by atoms with van der Waals surface area (Å²) >= 11 is 6.15. The average molecular weight is 372 g/mol. The molecule has 4 rings (SSSR count). The Bertz CT molecular complexity index is 1060. The number of amides is 1. The predicted octanol–water partition coefficient (Wildman–Crippen LogP) is 2.88. The number of anilines is 1. The molecule has 0 fully saturated rings. The van der Waals surface area contributed by atoms with Gasteiger partial charge < -0.3 is 19.8 Å². The van der Waals surface area contributed by atoms with Crippen molar-refractivity contribution in [2.24, 2.45) is 0 Å². The molecule has 26 heavy (non-hydrogen) atoms. The van der Waals surface area contributed by atoms with Gasteiger partial charge in [-0.25, -0.2) is 4.98 Å². The van der Waals surface area contributed by atoms with Crippen molar-refractivity contribution < 1.29 is 14.3 Å². The molecular weight excluding hydrogens is 358 g/mol. The van der Waals surface area contributed by atoms with Crippen molar-refractivity contribution in [3.63, 3.8) is 0 Å². The second kappa shape index (κ2) is 6.68. The van der Waals surface area contributed by atoms with Crippen molar-refractivity contribution in [3.8, 4) is 11.5 Å². The molecule has 0 saturated heterocycles. The molecule has 0 bridgehead atoms. The van der Waals surface area contributed by atoms with Crippen molar-refractivity contribution in [1.29, 1.82) is 0 Å². The van der Waals surface area contributed by atoms with E-state index in [0.29, 0.717) is 45.4 Å². The zero-order valence-corrected chi connectivity index (χ0v) is 14.3. The number of halogens is 1. The molecule has 7 nitrogen and oxygen atoms in total. The summed E-state index contributed by atoms with van der Waals surface area (Å²) in [6.07, 6.45) is 0.445. The molecule has 1 aromatic heterocycles. The first kappa shape index (κ1) is 16.4. The van der Waals surface area contributed by atoms with E-state index in [0.717, 1.165) is 0 Å². The Balaban J connectivity index is 1.45. The highest BCUT2D eigenvalue weighted by molar-refractivity contribution is 6.34. The van der Waals surface area contributed by atoms with Gasteiger partial charge >= 0.3 is 0 Å². The molecule has 132 valence electrons. The lowest BCUT2D eigenvalue weighted by atomic mass is 10.2. The maximum Gasteiger partial charge on any atom is 0.258 e. The maximum atomic E-state index is 12.2. The summed E-state index contributed by atoms with van der Waals surface area (Å²) in [5.74, 6) is 1.29.